The zero-order chi connectivity index (χ0) is 43.7. The van der Waals surface area contributed by atoms with Crippen molar-refractivity contribution in [1.29, 1.82) is 0 Å². The molecule has 0 saturated carbocycles. The molecule has 6 heteroatoms. The largest absolute Gasteiger partial charge is 0.462 e. The third-order valence-corrected chi connectivity index (χ3v) is 10.1. The van der Waals surface area contributed by atoms with Crippen molar-refractivity contribution in [1.82, 2.24) is 0 Å². The molecule has 0 aliphatic heterocycles. The predicted molar refractivity (Wildman–Crippen MR) is 256 cm³/mol. The molecule has 60 heavy (non-hydrogen) atoms. The molecule has 0 heterocycles. The van der Waals surface area contributed by atoms with Crippen molar-refractivity contribution < 1.29 is 28.6 Å². The first kappa shape index (κ1) is 56.6. The van der Waals surface area contributed by atoms with Gasteiger partial charge in [-0.2, -0.15) is 0 Å². The number of hydrogen-bond donors (Lipinski definition) is 0. The third-order valence-electron chi connectivity index (χ3n) is 10.1. The highest BCUT2D eigenvalue weighted by atomic mass is 16.6. The van der Waals surface area contributed by atoms with Gasteiger partial charge in [-0.25, -0.2) is 0 Å². The molecular formula is C54H90O6. The van der Waals surface area contributed by atoms with E-state index in [1.807, 2.05) is 0 Å². The summed E-state index contributed by atoms with van der Waals surface area (Å²) < 4.78 is 16.7. The molecule has 1 atom stereocenters. The maximum absolute atomic E-state index is 12.7. The molecule has 0 aliphatic carbocycles. The normalized spacial score (nSPS) is 12.8. The second kappa shape index (κ2) is 48.3. The smallest absolute Gasteiger partial charge is 0.306 e. The molecule has 0 amide bonds. The Hall–Kier alpha value is -3.41. The van der Waals surface area contributed by atoms with Gasteiger partial charge in [0.15, 0.2) is 6.10 Å². The number of allylic oxidation sites excluding steroid dienone is 14. The number of carbonyl (C=O) groups excluding carboxylic acids is 3. The maximum Gasteiger partial charge on any atom is 0.306 e. The number of hydrogen-bond acceptors (Lipinski definition) is 6. The lowest BCUT2D eigenvalue weighted by Gasteiger charge is -2.18. The van der Waals surface area contributed by atoms with Crippen molar-refractivity contribution in [2.75, 3.05) is 13.2 Å². The highest BCUT2D eigenvalue weighted by Gasteiger charge is 2.19. The summed E-state index contributed by atoms with van der Waals surface area (Å²) in [5.41, 5.74) is 0. The fourth-order valence-corrected chi connectivity index (χ4v) is 6.39. The number of rotatable bonds is 43. The number of unbranched alkanes of at least 4 members (excludes halogenated alkanes) is 18. The van der Waals surface area contributed by atoms with Crippen LogP contribution in [0, 0.1) is 0 Å². The van der Waals surface area contributed by atoms with Crippen LogP contribution >= 0.6 is 0 Å². The van der Waals surface area contributed by atoms with E-state index in [9.17, 15) is 14.4 Å². The highest BCUT2D eigenvalue weighted by molar-refractivity contribution is 5.71. The van der Waals surface area contributed by atoms with Gasteiger partial charge in [0.2, 0.25) is 0 Å². The molecule has 0 aliphatic rings. The van der Waals surface area contributed by atoms with Gasteiger partial charge in [-0.3, -0.25) is 14.4 Å². The molecule has 0 radical (unpaired) electrons. The Morgan fingerprint density at radius 1 is 0.350 bits per heavy atom. The first-order chi connectivity index (χ1) is 29.5. The summed E-state index contributed by atoms with van der Waals surface area (Å²) in [5.74, 6) is -0.936. The number of ether oxygens (including phenoxy) is 3. The Kier molecular flexibility index (Phi) is 45.5. The van der Waals surface area contributed by atoms with Crippen LogP contribution in [0.15, 0.2) is 85.1 Å². The van der Waals surface area contributed by atoms with E-state index >= 15 is 0 Å². The lowest BCUT2D eigenvalue weighted by molar-refractivity contribution is -0.167. The molecule has 0 spiro atoms. The van der Waals surface area contributed by atoms with Gasteiger partial charge in [0.1, 0.15) is 13.2 Å². The maximum atomic E-state index is 12.7. The second-order valence-electron chi connectivity index (χ2n) is 16.0. The fraction of sp³-hybridized carbons (Fsp3) is 0.685. The fourth-order valence-electron chi connectivity index (χ4n) is 6.39. The van der Waals surface area contributed by atoms with E-state index in [4.69, 9.17) is 14.2 Å². The van der Waals surface area contributed by atoms with Gasteiger partial charge in [-0.1, -0.05) is 183 Å². The average molecular weight is 835 g/mol. The molecule has 1 unspecified atom stereocenters. The van der Waals surface area contributed by atoms with E-state index in [2.05, 4.69) is 106 Å². The Morgan fingerprint density at radius 2 is 0.683 bits per heavy atom. The highest BCUT2D eigenvalue weighted by Crippen LogP contribution is 2.13. The van der Waals surface area contributed by atoms with Crippen LogP contribution in [0.2, 0.25) is 0 Å². The summed E-state index contributed by atoms with van der Waals surface area (Å²) in [6, 6.07) is 0. The molecule has 0 fully saturated rings. The van der Waals surface area contributed by atoms with E-state index in [0.29, 0.717) is 19.3 Å². The average Bonchev–Trinajstić information content (AvgIpc) is 3.24. The predicted octanol–water partition coefficient (Wildman–Crippen LogP) is 16.0. The minimum Gasteiger partial charge on any atom is -0.462 e. The van der Waals surface area contributed by atoms with Crippen molar-refractivity contribution in [2.24, 2.45) is 0 Å². The molecule has 0 rings (SSSR count). The van der Waals surface area contributed by atoms with Crippen molar-refractivity contribution in [3.05, 3.63) is 85.1 Å². The van der Waals surface area contributed by atoms with Crippen LogP contribution in [0.4, 0.5) is 0 Å². The van der Waals surface area contributed by atoms with E-state index < -0.39 is 6.10 Å². The Morgan fingerprint density at radius 3 is 1.10 bits per heavy atom. The molecule has 0 bridgehead atoms. The Bertz CT molecular complexity index is 1190. The number of carbonyl (C=O) groups is 3. The molecule has 6 nitrogen and oxygen atoms in total. The van der Waals surface area contributed by atoms with Crippen LogP contribution in [0.3, 0.4) is 0 Å². The molecular weight excluding hydrogens is 745 g/mol. The third kappa shape index (κ3) is 45.7. The lowest BCUT2D eigenvalue weighted by atomic mass is 10.1. The quantitative estimate of drug-likeness (QED) is 0.0263. The van der Waals surface area contributed by atoms with Crippen LogP contribution in [-0.2, 0) is 28.6 Å². The van der Waals surface area contributed by atoms with Crippen molar-refractivity contribution in [3.63, 3.8) is 0 Å². The van der Waals surface area contributed by atoms with Gasteiger partial charge in [-0.05, 0) is 103 Å². The summed E-state index contributed by atoms with van der Waals surface area (Å²) in [7, 11) is 0. The SMILES string of the molecule is CC/C=C\C/C=C\C/C=C\C/C=C\C/C=C\CCCCCCCC(=O)OCC(COC(=O)CCCCCCC/C=C\CCC)OC(=O)CCCCCCC/C=C\CCCC. The van der Waals surface area contributed by atoms with Crippen LogP contribution in [0.5, 0.6) is 0 Å². The van der Waals surface area contributed by atoms with Crippen molar-refractivity contribution in [2.45, 2.75) is 226 Å². The van der Waals surface area contributed by atoms with Gasteiger partial charge in [0.25, 0.3) is 0 Å². The van der Waals surface area contributed by atoms with E-state index in [0.717, 1.165) is 141 Å². The standard InChI is InChI=1S/C54H90O6/c1-4-7-10-13-16-19-22-23-24-25-26-27-28-29-30-31-33-35-38-41-44-47-53(56)59-50-51(49-58-52(55)46-43-40-37-34-21-18-15-12-9-6-3)60-54(57)48-45-42-39-36-32-20-17-14-11-8-5-2/h7,10,12,14-17,19,23-24,26-27,29-30,51H,4-6,8-9,11,13,18,20-22,25,28,31-50H2,1-3H3/b10-7-,15-12-,17-14-,19-16-,24-23-,27-26-,30-29-. The first-order valence-electron chi connectivity index (χ1n) is 24.6. The zero-order valence-corrected chi connectivity index (χ0v) is 38.9. The monoisotopic (exact) mass is 835 g/mol. The summed E-state index contributed by atoms with van der Waals surface area (Å²) in [4.78, 5) is 37.8. The molecule has 0 saturated heterocycles. The minimum atomic E-state index is -0.790. The van der Waals surface area contributed by atoms with Crippen LogP contribution in [-0.4, -0.2) is 37.2 Å². The minimum absolute atomic E-state index is 0.0917. The second-order valence-corrected chi connectivity index (χ2v) is 16.0. The van der Waals surface area contributed by atoms with Crippen molar-refractivity contribution >= 4 is 17.9 Å². The van der Waals surface area contributed by atoms with Crippen LogP contribution in [0.25, 0.3) is 0 Å². The van der Waals surface area contributed by atoms with Gasteiger partial charge >= 0.3 is 17.9 Å². The van der Waals surface area contributed by atoms with Crippen LogP contribution < -0.4 is 0 Å². The molecule has 0 N–H and O–H groups in total. The first-order valence-corrected chi connectivity index (χ1v) is 24.6. The summed E-state index contributed by atoms with van der Waals surface area (Å²) >= 11 is 0. The Labute approximate surface area is 369 Å². The topological polar surface area (TPSA) is 78.9 Å². The molecule has 0 aromatic carbocycles. The molecule has 0 aromatic rings. The van der Waals surface area contributed by atoms with Crippen molar-refractivity contribution in [3.8, 4) is 0 Å². The lowest BCUT2D eigenvalue weighted by Crippen LogP contribution is -2.30. The summed E-state index contributed by atoms with van der Waals surface area (Å²) in [6.45, 7) is 6.38. The van der Waals surface area contributed by atoms with E-state index in [1.54, 1.807) is 0 Å². The molecule has 0 aromatic heterocycles. The van der Waals surface area contributed by atoms with E-state index in [-0.39, 0.29) is 31.1 Å². The van der Waals surface area contributed by atoms with Gasteiger partial charge in [-0.15, -0.1) is 0 Å². The molecule has 342 valence electrons. The Balaban J connectivity index is 4.36. The van der Waals surface area contributed by atoms with Gasteiger partial charge in [0.05, 0.1) is 0 Å². The van der Waals surface area contributed by atoms with Crippen LogP contribution in [0.1, 0.15) is 220 Å². The summed E-state index contributed by atoms with van der Waals surface area (Å²) in [5, 5.41) is 0. The van der Waals surface area contributed by atoms with Gasteiger partial charge < -0.3 is 14.2 Å². The number of esters is 3. The van der Waals surface area contributed by atoms with Gasteiger partial charge in [0, 0.05) is 19.3 Å². The van der Waals surface area contributed by atoms with E-state index in [1.165, 1.54) is 38.5 Å². The zero-order valence-electron chi connectivity index (χ0n) is 38.9. The summed E-state index contributed by atoms with van der Waals surface area (Å²) in [6.07, 6.45) is 61.4.